The maximum Gasteiger partial charge on any atom is 0.338 e. The average molecular weight is 618 g/mol. The number of carbonyl (C=O) groups is 2. The molecule has 2 aromatic carbocycles. The van der Waals surface area contributed by atoms with E-state index in [2.05, 4.69) is 15.9 Å². The molecule has 11 heteroatoms. The van der Waals surface area contributed by atoms with Gasteiger partial charge in [-0.15, -0.1) is 0 Å². The first kappa shape index (κ1) is 31.5. The minimum Gasteiger partial charge on any atom is -0.493 e. The number of aliphatic hydroxyl groups excluding tert-OH is 1. The van der Waals surface area contributed by atoms with Crippen molar-refractivity contribution in [3.05, 3.63) is 44.9 Å². The van der Waals surface area contributed by atoms with E-state index in [4.69, 9.17) is 40.0 Å². The van der Waals surface area contributed by atoms with Crippen molar-refractivity contribution in [2.75, 3.05) is 34.5 Å². The summed E-state index contributed by atoms with van der Waals surface area (Å²) < 4.78 is 33.3. The number of rotatable bonds is 13. The molecular formula is C27H34BrClO9. The van der Waals surface area contributed by atoms with Crippen LogP contribution in [0.1, 0.15) is 60.7 Å². The molecule has 0 saturated carbocycles. The topological polar surface area (TPSA) is 110 Å². The highest BCUT2D eigenvalue weighted by Gasteiger charge is 2.22. The van der Waals surface area contributed by atoms with Crippen molar-refractivity contribution in [2.24, 2.45) is 0 Å². The summed E-state index contributed by atoms with van der Waals surface area (Å²) in [6.07, 6.45) is 0.608. The Morgan fingerprint density at radius 3 is 2.03 bits per heavy atom. The third-order valence-corrected chi connectivity index (χ3v) is 6.53. The number of aliphatic hydroxyl groups is 1. The fraction of sp³-hybridized carbons (Fsp3) is 0.481. The van der Waals surface area contributed by atoms with Crippen molar-refractivity contribution in [3.63, 3.8) is 0 Å². The Hall–Kier alpha value is -2.69. The highest BCUT2D eigenvalue weighted by molar-refractivity contribution is 9.10. The second kappa shape index (κ2) is 14.5. The molecule has 0 saturated heterocycles. The molecule has 210 valence electrons. The summed E-state index contributed by atoms with van der Waals surface area (Å²) >= 11 is 9.65. The molecule has 0 amide bonds. The van der Waals surface area contributed by atoms with Gasteiger partial charge in [-0.1, -0.05) is 11.6 Å². The maximum atomic E-state index is 12.9. The van der Waals surface area contributed by atoms with Crippen LogP contribution in [-0.2, 0) is 9.47 Å². The standard InChI is InChI=1S/C27H34BrClO9/c1-27(2,3)38-26(32)16-12-19(29)23(28)20(13-16)36-11-7-8-18(9-10-30)37-25(31)17-14-21(33-4)24(35-6)22(15-17)34-5/h12-15,18,30H,7-11H2,1-6H3. The predicted molar refractivity (Wildman–Crippen MR) is 146 cm³/mol. The van der Waals surface area contributed by atoms with Crippen molar-refractivity contribution in [2.45, 2.75) is 51.7 Å². The van der Waals surface area contributed by atoms with Crippen molar-refractivity contribution in [3.8, 4) is 23.0 Å². The fourth-order valence-electron chi connectivity index (χ4n) is 3.44. The first-order valence-electron chi connectivity index (χ1n) is 11.9. The summed E-state index contributed by atoms with van der Waals surface area (Å²) in [6.45, 7) is 5.42. The first-order chi connectivity index (χ1) is 17.9. The van der Waals surface area contributed by atoms with E-state index in [1.54, 1.807) is 26.8 Å². The number of hydrogen-bond acceptors (Lipinski definition) is 9. The van der Waals surface area contributed by atoms with Crippen LogP contribution in [0.15, 0.2) is 28.7 Å². The molecule has 2 aromatic rings. The van der Waals surface area contributed by atoms with Crippen LogP contribution >= 0.6 is 27.5 Å². The molecule has 9 nitrogen and oxygen atoms in total. The minimum atomic E-state index is -0.654. The molecule has 0 bridgehead atoms. The van der Waals surface area contributed by atoms with Crippen LogP contribution in [0.2, 0.25) is 5.02 Å². The SMILES string of the molecule is COc1cc(C(=O)OC(CCO)CCCOc2cc(C(=O)OC(C)(C)C)cc(Cl)c2Br)cc(OC)c1OC. The van der Waals surface area contributed by atoms with Gasteiger partial charge in [-0.2, -0.15) is 0 Å². The lowest BCUT2D eigenvalue weighted by Crippen LogP contribution is -2.24. The van der Waals surface area contributed by atoms with Gasteiger partial charge in [0.15, 0.2) is 11.5 Å². The zero-order valence-corrected chi connectivity index (χ0v) is 24.7. The van der Waals surface area contributed by atoms with E-state index < -0.39 is 23.6 Å². The molecule has 0 aliphatic heterocycles. The van der Waals surface area contributed by atoms with Crippen LogP contribution in [0, 0.1) is 0 Å². The fourth-order valence-corrected chi connectivity index (χ4v) is 4.00. The summed E-state index contributed by atoms with van der Waals surface area (Å²) in [7, 11) is 4.38. The normalized spacial score (nSPS) is 11.9. The second-order valence-electron chi connectivity index (χ2n) is 9.22. The quantitative estimate of drug-likeness (QED) is 0.219. The van der Waals surface area contributed by atoms with E-state index in [0.29, 0.717) is 45.3 Å². The molecule has 0 fully saturated rings. The number of hydrogen-bond donors (Lipinski definition) is 1. The number of methoxy groups -OCH3 is 3. The average Bonchev–Trinajstić information content (AvgIpc) is 2.86. The van der Waals surface area contributed by atoms with Gasteiger partial charge in [-0.25, -0.2) is 9.59 Å². The van der Waals surface area contributed by atoms with Gasteiger partial charge in [-0.05, 0) is 73.8 Å². The van der Waals surface area contributed by atoms with Gasteiger partial charge in [0.05, 0.1) is 48.6 Å². The van der Waals surface area contributed by atoms with Crippen molar-refractivity contribution in [1.29, 1.82) is 0 Å². The van der Waals surface area contributed by atoms with Crippen LogP contribution in [0.4, 0.5) is 0 Å². The summed E-state index contributed by atoms with van der Waals surface area (Å²) in [5.41, 5.74) is -0.171. The molecular weight excluding hydrogens is 584 g/mol. The number of esters is 2. The molecule has 0 aromatic heterocycles. The molecule has 1 unspecified atom stereocenters. The lowest BCUT2D eigenvalue weighted by Gasteiger charge is -2.20. The zero-order valence-electron chi connectivity index (χ0n) is 22.4. The Balaban J connectivity index is 2.04. The molecule has 1 N–H and O–H groups in total. The van der Waals surface area contributed by atoms with Crippen LogP contribution in [0.3, 0.4) is 0 Å². The summed E-state index contributed by atoms with van der Waals surface area (Å²) in [4.78, 5) is 25.3. The largest absolute Gasteiger partial charge is 0.493 e. The molecule has 38 heavy (non-hydrogen) atoms. The van der Waals surface area contributed by atoms with E-state index in [1.807, 2.05) is 0 Å². The molecule has 0 spiro atoms. The molecule has 1 atom stereocenters. The summed E-state index contributed by atoms with van der Waals surface area (Å²) in [5.74, 6) is 0.276. The van der Waals surface area contributed by atoms with E-state index in [1.165, 1.54) is 39.5 Å². The second-order valence-corrected chi connectivity index (χ2v) is 10.4. The molecule has 0 radical (unpaired) electrons. The first-order valence-corrected chi connectivity index (χ1v) is 13.1. The highest BCUT2D eigenvalue weighted by Crippen LogP contribution is 2.38. The van der Waals surface area contributed by atoms with Gasteiger partial charge in [-0.3, -0.25) is 0 Å². The van der Waals surface area contributed by atoms with Crippen molar-refractivity contribution >= 4 is 39.5 Å². The van der Waals surface area contributed by atoms with Crippen molar-refractivity contribution < 1.29 is 43.1 Å². The van der Waals surface area contributed by atoms with Gasteiger partial charge in [0.1, 0.15) is 17.5 Å². The number of ether oxygens (including phenoxy) is 6. The Labute approximate surface area is 236 Å². The minimum absolute atomic E-state index is 0.160. The lowest BCUT2D eigenvalue weighted by molar-refractivity contribution is 0.00684. The third kappa shape index (κ3) is 8.96. The lowest BCUT2D eigenvalue weighted by atomic mass is 10.1. The molecule has 0 aliphatic carbocycles. The Bertz CT molecular complexity index is 1090. The van der Waals surface area contributed by atoms with Gasteiger partial charge in [0.25, 0.3) is 0 Å². The van der Waals surface area contributed by atoms with Crippen LogP contribution in [0.5, 0.6) is 23.0 Å². The highest BCUT2D eigenvalue weighted by atomic mass is 79.9. The van der Waals surface area contributed by atoms with Gasteiger partial charge < -0.3 is 33.5 Å². The van der Waals surface area contributed by atoms with Gasteiger partial charge in [0.2, 0.25) is 5.75 Å². The maximum absolute atomic E-state index is 12.9. The Kier molecular flexibility index (Phi) is 12.0. The number of carbonyl (C=O) groups excluding carboxylic acids is 2. The number of halogens is 2. The van der Waals surface area contributed by atoms with E-state index in [0.717, 1.165) is 0 Å². The predicted octanol–water partition coefficient (Wildman–Crippen LogP) is 5.85. The van der Waals surface area contributed by atoms with E-state index in [-0.39, 0.29) is 30.8 Å². The van der Waals surface area contributed by atoms with Crippen LogP contribution in [0.25, 0.3) is 0 Å². The summed E-state index contributed by atoms with van der Waals surface area (Å²) in [5, 5.41) is 9.78. The third-order valence-electron chi connectivity index (χ3n) is 5.18. The smallest absolute Gasteiger partial charge is 0.338 e. The molecule has 0 aliphatic rings. The van der Waals surface area contributed by atoms with E-state index in [9.17, 15) is 14.7 Å². The zero-order chi connectivity index (χ0) is 28.5. The molecule has 0 heterocycles. The molecule has 2 rings (SSSR count). The van der Waals surface area contributed by atoms with Crippen LogP contribution in [-0.4, -0.2) is 63.3 Å². The van der Waals surface area contributed by atoms with Crippen LogP contribution < -0.4 is 18.9 Å². The van der Waals surface area contributed by atoms with E-state index >= 15 is 0 Å². The number of benzene rings is 2. The Morgan fingerprint density at radius 1 is 0.921 bits per heavy atom. The van der Waals surface area contributed by atoms with Crippen molar-refractivity contribution in [1.82, 2.24) is 0 Å². The Morgan fingerprint density at radius 2 is 1.50 bits per heavy atom. The van der Waals surface area contributed by atoms with Gasteiger partial charge in [0, 0.05) is 13.0 Å². The summed E-state index contributed by atoms with van der Waals surface area (Å²) in [6, 6.07) is 6.07. The monoisotopic (exact) mass is 616 g/mol. The van der Waals surface area contributed by atoms with Gasteiger partial charge >= 0.3 is 11.9 Å².